The Bertz CT molecular complexity index is 665. The number of anilines is 1. The lowest BCUT2D eigenvalue weighted by atomic mass is 9.86. The van der Waals surface area contributed by atoms with Crippen LogP contribution in [0.4, 0.5) is 5.69 Å². The minimum atomic E-state index is -0.753. The molecule has 2 fully saturated rings. The van der Waals surface area contributed by atoms with Crippen LogP contribution in [-0.4, -0.2) is 42.1 Å². The van der Waals surface area contributed by atoms with Crippen LogP contribution in [0.15, 0.2) is 24.3 Å². The summed E-state index contributed by atoms with van der Waals surface area (Å²) in [6.45, 7) is 0.659. The highest BCUT2D eigenvalue weighted by atomic mass is 16.5. The molecular weight excluding hydrogens is 336 g/mol. The maximum Gasteiger partial charge on any atom is 0.306 e. The lowest BCUT2D eigenvalue weighted by Gasteiger charge is -2.26. The van der Waals surface area contributed by atoms with Gasteiger partial charge in [0.25, 0.3) is 5.91 Å². The van der Waals surface area contributed by atoms with Crippen LogP contribution < -0.4 is 15.0 Å². The molecule has 1 aromatic rings. The SMILES string of the molecule is O=C(COc1ccc(N2CCCC2=O)cc1)NC1CCC(C(=O)O)CC1. The smallest absolute Gasteiger partial charge is 0.306 e. The number of carboxylic acid groups (broad SMARTS) is 1. The second-order valence-electron chi connectivity index (χ2n) is 6.89. The van der Waals surface area contributed by atoms with Gasteiger partial charge in [0.05, 0.1) is 5.92 Å². The van der Waals surface area contributed by atoms with Crippen molar-refractivity contribution in [3.8, 4) is 5.75 Å². The van der Waals surface area contributed by atoms with Gasteiger partial charge >= 0.3 is 5.97 Å². The number of nitrogens with one attached hydrogen (secondary N) is 1. The molecule has 0 bridgehead atoms. The van der Waals surface area contributed by atoms with Gasteiger partial charge in [0.1, 0.15) is 5.75 Å². The number of ether oxygens (including phenoxy) is 1. The molecule has 1 heterocycles. The van der Waals surface area contributed by atoms with Gasteiger partial charge in [-0.3, -0.25) is 14.4 Å². The van der Waals surface area contributed by atoms with Gasteiger partial charge in [-0.1, -0.05) is 0 Å². The molecule has 1 aliphatic heterocycles. The van der Waals surface area contributed by atoms with Crippen LogP contribution in [0, 0.1) is 5.92 Å². The van der Waals surface area contributed by atoms with E-state index < -0.39 is 5.97 Å². The maximum atomic E-state index is 12.0. The van der Waals surface area contributed by atoms with Crippen LogP contribution in [0.1, 0.15) is 38.5 Å². The standard InChI is InChI=1S/C19H24N2O5/c22-17(20-14-5-3-13(4-6-14)19(24)25)12-26-16-9-7-15(8-10-16)21-11-1-2-18(21)23/h7-10,13-14H,1-6,11-12H2,(H,20,22)(H,24,25). The van der Waals surface area contributed by atoms with Crippen LogP contribution in [-0.2, 0) is 14.4 Å². The first-order valence-corrected chi connectivity index (χ1v) is 9.08. The number of carbonyl (C=O) groups is 3. The van der Waals surface area contributed by atoms with Gasteiger partial charge in [0.2, 0.25) is 5.91 Å². The fourth-order valence-electron chi connectivity index (χ4n) is 3.55. The normalized spacial score (nSPS) is 22.9. The van der Waals surface area contributed by atoms with Gasteiger partial charge < -0.3 is 20.1 Å². The number of hydrogen-bond donors (Lipinski definition) is 2. The molecule has 7 nitrogen and oxygen atoms in total. The van der Waals surface area contributed by atoms with Crippen molar-refractivity contribution in [3.63, 3.8) is 0 Å². The van der Waals surface area contributed by atoms with Crippen molar-refractivity contribution in [2.24, 2.45) is 5.92 Å². The number of nitrogens with zero attached hydrogens (tertiary/aromatic N) is 1. The molecule has 0 radical (unpaired) electrons. The third kappa shape index (κ3) is 4.53. The summed E-state index contributed by atoms with van der Waals surface area (Å²) in [7, 11) is 0. The molecule has 2 aliphatic rings. The van der Waals surface area contributed by atoms with Crippen LogP contribution in [0.5, 0.6) is 5.75 Å². The average Bonchev–Trinajstić information content (AvgIpc) is 3.07. The molecule has 3 rings (SSSR count). The van der Waals surface area contributed by atoms with Gasteiger partial charge in [-0.15, -0.1) is 0 Å². The van der Waals surface area contributed by atoms with E-state index in [0.717, 1.165) is 18.7 Å². The topological polar surface area (TPSA) is 95.9 Å². The molecule has 1 saturated carbocycles. The number of carboxylic acids is 1. The molecule has 2 amide bonds. The minimum Gasteiger partial charge on any atom is -0.484 e. The molecule has 0 spiro atoms. The Morgan fingerprint density at radius 3 is 2.42 bits per heavy atom. The number of hydrogen-bond acceptors (Lipinski definition) is 4. The summed E-state index contributed by atoms with van der Waals surface area (Å²) < 4.78 is 5.50. The first-order chi connectivity index (χ1) is 12.5. The van der Waals surface area contributed by atoms with E-state index in [1.54, 1.807) is 17.0 Å². The van der Waals surface area contributed by atoms with E-state index in [-0.39, 0.29) is 30.4 Å². The molecule has 0 atom stereocenters. The third-order valence-electron chi connectivity index (χ3n) is 5.03. The molecule has 140 valence electrons. The maximum absolute atomic E-state index is 12.0. The van der Waals surface area contributed by atoms with E-state index in [1.807, 2.05) is 12.1 Å². The van der Waals surface area contributed by atoms with Crippen LogP contribution in [0.2, 0.25) is 0 Å². The fourth-order valence-corrected chi connectivity index (χ4v) is 3.55. The minimum absolute atomic E-state index is 0.0188. The Labute approximate surface area is 152 Å². The predicted octanol–water partition coefficient (Wildman–Crippen LogP) is 1.95. The lowest BCUT2D eigenvalue weighted by molar-refractivity contribution is -0.142. The molecule has 1 aliphatic carbocycles. The number of amides is 2. The van der Waals surface area contributed by atoms with Crippen molar-refractivity contribution >= 4 is 23.5 Å². The summed E-state index contributed by atoms with van der Waals surface area (Å²) in [5.41, 5.74) is 0.847. The number of carbonyl (C=O) groups excluding carboxylic acids is 2. The van der Waals surface area contributed by atoms with Crippen molar-refractivity contribution in [1.29, 1.82) is 0 Å². The number of rotatable bonds is 6. The molecule has 7 heteroatoms. The first-order valence-electron chi connectivity index (χ1n) is 9.08. The van der Waals surface area contributed by atoms with Gasteiger partial charge in [-0.2, -0.15) is 0 Å². The molecule has 1 saturated heterocycles. The summed E-state index contributed by atoms with van der Waals surface area (Å²) in [5, 5.41) is 11.9. The van der Waals surface area contributed by atoms with E-state index in [0.29, 0.717) is 37.9 Å². The second kappa shape index (κ2) is 8.21. The zero-order valence-corrected chi connectivity index (χ0v) is 14.6. The highest BCUT2D eigenvalue weighted by Gasteiger charge is 2.26. The van der Waals surface area contributed by atoms with Crippen molar-refractivity contribution in [1.82, 2.24) is 5.32 Å². The third-order valence-corrected chi connectivity index (χ3v) is 5.03. The average molecular weight is 360 g/mol. The van der Waals surface area contributed by atoms with E-state index in [9.17, 15) is 14.4 Å². The van der Waals surface area contributed by atoms with E-state index >= 15 is 0 Å². The Morgan fingerprint density at radius 2 is 1.85 bits per heavy atom. The van der Waals surface area contributed by atoms with E-state index in [1.165, 1.54) is 0 Å². The summed E-state index contributed by atoms with van der Waals surface area (Å²) in [4.78, 5) is 36.4. The van der Waals surface area contributed by atoms with E-state index in [2.05, 4.69) is 5.32 Å². The molecule has 0 aromatic heterocycles. The van der Waals surface area contributed by atoms with Crippen LogP contribution in [0.3, 0.4) is 0 Å². The van der Waals surface area contributed by atoms with Crippen molar-refractivity contribution < 1.29 is 24.2 Å². The van der Waals surface area contributed by atoms with Gasteiger partial charge in [-0.05, 0) is 56.4 Å². The van der Waals surface area contributed by atoms with Crippen molar-refractivity contribution in [3.05, 3.63) is 24.3 Å². The molecule has 2 N–H and O–H groups in total. The van der Waals surface area contributed by atoms with Gasteiger partial charge in [0.15, 0.2) is 6.61 Å². The van der Waals surface area contributed by atoms with E-state index in [4.69, 9.17) is 9.84 Å². The lowest BCUT2D eigenvalue weighted by Crippen LogP contribution is -2.40. The molecule has 26 heavy (non-hydrogen) atoms. The molecule has 0 unspecified atom stereocenters. The quantitative estimate of drug-likeness (QED) is 0.808. The Balaban J connectivity index is 1.42. The zero-order chi connectivity index (χ0) is 18.5. The van der Waals surface area contributed by atoms with Crippen LogP contribution in [0.25, 0.3) is 0 Å². The van der Waals surface area contributed by atoms with Crippen molar-refractivity contribution in [2.75, 3.05) is 18.1 Å². The monoisotopic (exact) mass is 360 g/mol. The van der Waals surface area contributed by atoms with Crippen molar-refractivity contribution in [2.45, 2.75) is 44.6 Å². The first kappa shape index (κ1) is 18.2. The summed E-state index contributed by atoms with van der Waals surface area (Å²) >= 11 is 0. The highest BCUT2D eigenvalue weighted by Crippen LogP contribution is 2.25. The number of benzene rings is 1. The Hall–Kier alpha value is -2.57. The zero-order valence-electron chi connectivity index (χ0n) is 14.6. The molecule has 1 aromatic carbocycles. The Morgan fingerprint density at radius 1 is 1.15 bits per heavy atom. The Kier molecular flexibility index (Phi) is 5.75. The summed E-state index contributed by atoms with van der Waals surface area (Å²) in [5.74, 6) is -0.541. The van der Waals surface area contributed by atoms with Crippen LogP contribution >= 0.6 is 0 Å². The highest BCUT2D eigenvalue weighted by molar-refractivity contribution is 5.95. The summed E-state index contributed by atoms with van der Waals surface area (Å²) in [6.07, 6.45) is 4.02. The second-order valence-corrected chi connectivity index (χ2v) is 6.89. The fraction of sp³-hybridized carbons (Fsp3) is 0.526. The van der Waals surface area contributed by atoms with Gasteiger partial charge in [0, 0.05) is 24.7 Å². The van der Waals surface area contributed by atoms with Gasteiger partial charge in [-0.25, -0.2) is 0 Å². The molecular formula is C19H24N2O5. The predicted molar refractivity (Wildman–Crippen MR) is 95.0 cm³/mol. The number of aliphatic carboxylic acids is 1. The summed E-state index contributed by atoms with van der Waals surface area (Å²) in [6, 6.07) is 7.18. The largest absolute Gasteiger partial charge is 0.484 e.